The van der Waals surface area contributed by atoms with Crippen molar-refractivity contribution in [1.29, 1.82) is 0 Å². The van der Waals surface area contributed by atoms with Crippen molar-refractivity contribution < 1.29 is 22.7 Å². The molecule has 0 aromatic heterocycles. The van der Waals surface area contributed by atoms with Crippen LogP contribution in [0, 0.1) is 0 Å². The first-order valence-corrected chi connectivity index (χ1v) is 12.9. The van der Waals surface area contributed by atoms with E-state index in [4.69, 9.17) is 21.1 Å². The molecule has 0 saturated heterocycles. The molecule has 0 unspecified atom stereocenters. The number of ether oxygens (including phenoxy) is 2. The molecule has 34 heavy (non-hydrogen) atoms. The highest BCUT2D eigenvalue weighted by molar-refractivity contribution is 9.10. The van der Waals surface area contributed by atoms with Gasteiger partial charge in [0.05, 0.1) is 36.4 Å². The third-order valence-corrected chi connectivity index (χ3v) is 7.70. The first kappa shape index (κ1) is 26.0. The minimum atomic E-state index is -3.94. The van der Waals surface area contributed by atoms with Crippen molar-refractivity contribution >= 4 is 49.1 Å². The Morgan fingerprint density at radius 3 is 2.26 bits per heavy atom. The number of nitrogens with one attached hydrogen (secondary N) is 1. The van der Waals surface area contributed by atoms with E-state index in [0.717, 1.165) is 14.3 Å². The van der Waals surface area contributed by atoms with Crippen LogP contribution >= 0.6 is 27.5 Å². The van der Waals surface area contributed by atoms with Gasteiger partial charge in [-0.2, -0.15) is 4.31 Å². The summed E-state index contributed by atoms with van der Waals surface area (Å²) in [4.78, 5) is 13.1. The molecule has 1 amide bonds. The second-order valence-corrected chi connectivity index (χ2v) is 10.5. The van der Waals surface area contributed by atoms with Gasteiger partial charge >= 0.3 is 0 Å². The van der Waals surface area contributed by atoms with Gasteiger partial charge in [0.1, 0.15) is 11.5 Å². The number of carbonyl (C=O) groups excluding carboxylic acids is 1. The molecule has 0 aliphatic carbocycles. The maximum atomic E-state index is 13.4. The number of hydrogen-bond acceptors (Lipinski definition) is 5. The molecule has 0 bridgehead atoms. The van der Waals surface area contributed by atoms with Crippen LogP contribution in [0.2, 0.25) is 5.02 Å². The highest BCUT2D eigenvalue weighted by Crippen LogP contribution is 2.35. The zero-order valence-corrected chi connectivity index (χ0v) is 21.8. The highest BCUT2D eigenvalue weighted by Gasteiger charge is 2.27. The number of amides is 1. The van der Waals surface area contributed by atoms with Crippen molar-refractivity contribution in [3.05, 3.63) is 81.8 Å². The Labute approximate surface area is 212 Å². The van der Waals surface area contributed by atoms with Gasteiger partial charge < -0.3 is 14.8 Å². The summed E-state index contributed by atoms with van der Waals surface area (Å²) in [6, 6.07) is 18.8. The summed E-state index contributed by atoms with van der Waals surface area (Å²) in [6.07, 6.45) is 0.446. The molecule has 0 heterocycles. The summed E-state index contributed by atoms with van der Waals surface area (Å²) >= 11 is 9.44. The lowest BCUT2D eigenvalue weighted by Gasteiger charge is -2.22. The number of methoxy groups -OCH3 is 2. The van der Waals surface area contributed by atoms with E-state index in [1.165, 1.54) is 38.5 Å². The quantitative estimate of drug-likeness (QED) is 0.373. The molecule has 0 fully saturated rings. The van der Waals surface area contributed by atoms with Crippen molar-refractivity contribution in [2.24, 2.45) is 0 Å². The van der Waals surface area contributed by atoms with Crippen LogP contribution in [0.15, 0.2) is 76.1 Å². The van der Waals surface area contributed by atoms with E-state index in [0.29, 0.717) is 28.6 Å². The maximum Gasteiger partial charge on any atom is 0.243 e. The zero-order valence-electron chi connectivity index (χ0n) is 18.6. The van der Waals surface area contributed by atoms with Crippen LogP contribution in [0.5, 0.6) is 11.5 Å². The summed E-state index contributed by atoms with van der Waals surface area (Å²) in [6.45, 7) is -0.268. The SMILES string of the molecule is COc1cc(NC(=O)CN(CCc2ccccc2)S(=O)(=O)c2ccc(Br)cc2)c(OC)cc1Cl. The van der Waals surface area contributed by atoms with Gasteiger partial charge in [0.25, 0.3) is 0 Å². The molecule has 3 rings (SSSR count). The van der Waals surface area contributed by atoms with Crippen molar-refractivity contribution in [2.75, 3.05) is 32.6 Å². The fourth-order valence-electron chi connectivity index (χ4n) is 3.25. The number of hydrogen-bond donors (Lipinski definition) is 1. The summed E-state index contributed by atoms with van der Waals surface area (Å²) in [5.41, 5.74) is 1.28. The number of rotatable bonds is 10. The molecule has 0 spiro atoms. The van der Waals surface area contributed by atoms with Crippen molar-refractivity contribution in [2.45, 2.75) is 11.3 Å². The second kappa shape index (κ2) is 11.7. The first-order valence-electron chi connectivity index (χ1n) is 10.3. The van der Waals surface area contributed by atoms with Crippen LogP contribution in [0.25, 0.3) is 0 Å². The molecule has 0 aliphatic rings. The predicted octanol–water partition coefficient (Wildman–Crippen LogP) is 4.99. The van der Waals surface area contributed by atoms with E-state index in [2.05, 4.69) is 21.2 Å². The Kier molecular flexibility index (Phi) is 8.96. The van der Waals surface area contributed by atoms with Crippen molar-refractivity contribution in [3.8, 4) is 11.5 Å². The summed E-state index contributed by atoms with van der Waals surface area (Å²) in [5.74, 6) is 0.142. The van der Waals surface area contributed by atoms with E-state index in [1.54, 1.807) is 12.1 Å². The maximum absolute atomic E-state index is 13.4. The molecule has 3 aromatic rings. The monoisotopic (exact) mass is 566 g/mol. The lowest BCUT2D eigenvalue weighted by molar-refractivity contribution is -0.116. The lowest BCUT2D eigenvalue weighted by Crippen LogP contribution is -2.39. The highest BCUT2D eigenvalue weighted by atomic mass is 79.9. The smallest absolute Gasteiger partial charge is 0.243 e. The van der Waals surface area contributed by atoms with Gasteiger partial charge in [-0.15, -0.1) is 0 Å². The number of anilines is 1. The van der Waals surface area contributed by atoms with Gasteiger partial charge in [-0.25, -0.2) is 8.42 Å². The minimum Gasteiger partial charge on any atom is -0.495 e. The largest absolute Gasteiger partial charge is 0.495 e. The molecule has 1 N–H and O–H groups in total. The van der Waals surface area contributed by atoms with Gasteiger partial charge in [-0.3, -0.25) is 4.79 Å². The Hall–Kier alpha value is -2.59. The zero-order chi connectivity index (χ0) is 24.7. The predicted molar refractivity (Wildman–Crippen MR) is 136 cm³/mol. The average molecular weight is 568 g/mol. The van der Waals surface area contributed by atoms with Crippen LogP contribution in [-0.2, 0) is 21.2 Å². The molecule has 0 atom stereocenters. The van der Waals surface area contributed by atoms with Gasteiger partial charge in [-0.1, -0.05) is 57.9 Å². The number of carbonyl (C=O) groups is 1. The standard InChI is InChI=1S/C24H24BrClN2O5S/c1-32-22-15-21(23(33-2)14-20(22)26)27-24(29)16-28(13-12-17-6-4-3-5-7-17)34(30,31)19-10-8-18(25)9-11-19/h3-11,14-15H,12-13,16H2,1-2H3,(H,27,29). The molecule has 3 aromatic carbocycles. The van der Waals surface area contributed by atoms with Gasteiger partial charge in [-0.05, 0) is 36.2 Å². The van der Waals surface area contributed by atoms with Crippen LogP contribution in [0.1, 0.15) is 5.56 Å². The molecule has 180 valence electrons. The van der Waals surface area contributed by atoms with Gasteiger partial charge in [0.15, 0.2) is 0 Å². The summed E-state index contributed by atoms with van der Waals surface area (Å²) in [7, 11) is -1.04. The topological polar surface area (TPSA) is 84.9 Å². The fraction of sp³-hybridized carbons (Fsp3) is 0.208. The molecule has 0 saturated carbocycles. The average Bonchev–Trinajstić information content (AvgIpc) is 2.83. The summed E-state index contributed by atoms with van der Waals surface area (Å²) < 4.78 is 39.2. The van der Waals surface area contributed by atoms with E-state index >= 15 is 0 Å². The first-order chi connectivity index (χ1) is 16.2. The van der Waals surface area contributed by atoms with Crippen molar-refractivity contribution in [1.82, 2.24) is 4.31 Å². The molecule has 0 radical (unpaired) electrons. The summed E-state index contributed by atoms with van der Waals surface area (Å²) in [5, 5.41) is 3.03. The van der Waals surface area contributed by atoms with Crippen LogP contribution < -0.4 is 14.8 Å². The lowest BCUT2D eigenvalue weighted by atomic mass is 10.1. The van der Waals surface area contributed by atoms with Gasteiger partial charge in [0.2, 0.25) is 15.9 Å². The van der Waals surface area contributed by atoms with E-state index in [9.17, 15) is 13.2 Å². The van der Waals surface area contributed by atoms with Crippen LogP contribution in [0.4, 0.5) is 5.69 Å². The third-order valence-electron chi connectivity index (χ3n) is 5.01. The fourth-order valence-corrected chi connectivity index (χ4v) is 5.14. The van der Waals surface area contributed by atoms with Gasteiger partial charge in [0, 0.05) is 23.2 Å². The number of halogens is 2. The number of sulfonamides is 1. The van der Waals surface area contributed by atoms with Crippen LogP contribution in [-0.4, -0.2) is 45.9 Å². The van der Waals surface area contributed by atoms with E-state index < -0.39 is 15.9 Å². The number of benzene rings is 3. The van der Waals surface area contributed by atoms with E-state index in [1.807, 2.05) is 30.3 Å². The minimum absolute atomic E-state index is 0.0994. The Bertz CT molecular complexity index is 1240. The molecule has 0 aliphatic heterocycles. The molecule has 10 heteroatoms. The third kappa shape index (κ3) is 6.50. The normalized spacial score (nSPS) is 11.3. The number of nitrogens with zero attached hydrogens (tertiary/aromatic N) is 1. The molecular weight excluding hydrogens is 544 g/mol. The molecular formula is C24H24BrClN2O5S. The molecule has 7 nitrogen and oxygen atoms in total. The second-order valence-electron chi connectivity index (χ2n) is 7.26. The Balaban J connectivity index is 1.86. The van der Waals surface area contributed by atoms with E-state index in [-0.39, 0.29) is 18.0 Å². The van der Waals surface area contributed by atoms with Crippen LogP contribution in [0.3, 0.4) is 0 Å². The Morgan fingerprint density at radius 1 is 1.00 bits per heavy atom. The Morgan fingerprint density at radius 2 is 1.65 bits per heavy atom. The van der Waals surface area contributed by atoms with Crippen molar-refractivity contribution in [3.63, 3.8) is 0 Å².